The van der Waals surface area contributed by atoms with Crippen LogP contribution in [0, 0.1) is 12.7 Å². The van der Waals surface area contributed by atoms with Crippen LogP contribution >= 0.6 is 0 Å². The molecule has 0 aliphatic rings. The van der Waals surface area contributed by atoms with Crippen molar-refractivity contribution < 1.29 is 14.0 Å². The second kappa shape index (κ2) is 9.13. The summed E-state index contributed by atoms with van der Waals surface area (Å²) in [6, 6.07) is 13.1. The van der Waals surface area contributed by atoms with E-state index in [-0.39, 0.29) is 30.6 Å². The molecule has 0 saturated heterocycles. The number of carbonyl (C=O) groups excluding carboxylic acids is 2. The van der Waals surface area contributed by atoms with Gasteiger partial charge in [-0.3, -0.25) is 9.59 Å². The van der Waals surface area contributed by atoms with Crippen molar-refractivity contribution in [2.45, 2.75) is 39.3 Å². The molecule has 26 heavy (non-hydrogen) atoms. The molecule has 138 valence electrons. The Hall–Kier alpha value is -2.69. The normalized spacial score (nSPS) is 11.7. The molecule has 0 heterocycles. The molecule has 2 aromatic carbocycles. The van der Waals surface area contributed by atoms with Gasteiger partial charge in [-0.1, -0.05) is 43.3 Å². The molecule has 2 aromatic rings. The summed E-state index contributed by atoms with van der Waals surface area (Å²) in [5, 5.41) is 2.63. The first kappa shape index (κ1) is 19.6. The Morgan fingerprint density at radius 2 is 1.77 bits per heavy atom. The van der Waals surface area contributed by atoms with E-state index in [2.05, 4.69) is 5.32 Å². The van der Waals surface area contributed by atoms with E-state index in [9.17, 15) is 14.0 Å². The van der Waals surface area contributed by atoms with E-state index in [1.165, 1.54) is 12.1 Å². The maximum absolute atomic E-state index is 13.2. The minimum absolute atomic E-state index is 0.126. The van der Waals surface area contributed by atoms with E-state index in [0.29, 0.717) is 6.42 Å². The highest BCUT2D eigenvalue weighted by Crippen LogP contribution is 2.16. The Labute approximate surface area is 154 Å². The van der Waals surface area contributed by atoms with E-state index in [1.54, 1.807) is 24.1 Å². The first-order valence-electron chi connectivity index (χ1n) is 8.76. The lowest BCUT2D eigenvalue weighted by atomic mass is 10.0. The Balaban J connectivity index is 2.29. The summed E-state index contributed by atoms with van der Waals surface area (Å²) in [4.78, 5) is 26.9. The Kier molecular flexibility index (Phi) is 6.89. The molecular weight excluding hydrogens is 331 g/mol. The molecule has 0 bridgehead atoms. The third kappa shape index (κ3) is 4.91. The summed E-state index contributed by atoms with van der Waals surface area (Å²) in [5.74, 6) is -0.656. The summed E-state index contributed by atoms with van der Waals surface area (Å²) in [5.41, 5.74) is 2.76. The Morgan fingerprint density at radius 3 is 2.35 bits per heavy atom. The van der Waals surface area contributed by atoms with Crippen LogP contribution in [-0.4, -0.2) is 29.8 Å². The van der Waals surface area contributed by atoms with E-state index in [1.807, 2.05) is 38.1 Å². The fourth-order valence-electron chi connectivity index (χ4n) is 2.95. The van der Waals surface area contributed by atoms with Gasteiger partial charge in [-0.25, -0.2) is 4.39 Å². The highest BCUT2D eigenvalue weighted by Gasteiger charge is 2.28. The van der Waals surface area contributed by atoms with Crippen LogP contribution in [0.1, 0.15) is 30.0 Å². The van der Waals surface area contributed by atoms with Crippen molar-refractivity contribution in [1.29, 1.82) is 0 Å². The van der Waals surface area contributed by atoms with Crippen LogP contribution in [0.25, 0.3) is 0 Å². The molecule has 2 rings (SSSR count). The van der Waals surface area contributed by atoms with Gasteiger partial charge in [0.15, 0.2) is 0 Å². The third-order valence-electron chi connectivity index (χ3n) is 4.50. The van der Waals surface area contributed by atoms with E-state index < -0.39 is 6.04 Å². The minimum Gasteiger partial charge on any atom is -0.357 e. The monoisotopic (exact) mass is 356 g/mol. The zero-order valence-electron chi connectivity index (χ0n) is 15.5. The molecule has 2 amide bonds. The zero-order chi connectivity index (χ0) is 19.1. The molecule has 1 unspecified atom stereocenters. The van der Waals surface area contributed by atoms with Crippen molar-refractivity contribution in [1.82, 2.24) is 10.2 Å². The first-order chi connectivity index (χ1) is 12.5. The van der Waals surface area contributed by atoms with Gasteiger partial charge in [0, 0.05) is 13.6 Å². The molecule has 4 nitrogen and oxygen atoms in total. The lowest BCUT2D eigenvalue weighted by Crippen LogP contribution is -2.48. The number of hydrogen-bond donors (Lipinski definition) is 1. The smallest absolute Gasteiger partial charge is 0.242 e. The van der Waals surface area contributed by atoms with Gasteiger partial charge in [-0.15, -0.1) is 0 Å². The molecular formula is C21H25FN2O2. The fraction of sp³-hybridized carbons (Fsp3) is 0.333. The summed E-state index contributed by atoms with van der Waals surface area (Å²) in [7, 11) is 1.56. The number of nitrogens with zero attached hydrogens (tertiary/aromatic N) is 1. The molecule has 0 aliphatic carbocycles. The van der Waals surface area contributed by atoms with E-state index in [4.69, 9.17) is 0 Å². The number of carbonyl (C=O) groups is 2. The van der Waals surface area contributed by atoms with Crippen molar-refractivity contribution in [3.63, 3.8) is 0 Å². The summed E-state index contributed by atoms with van der Waals surface area (Å²) >= 11 is 0. The van der Waals surface area contributed by atoms with Gasteiger partial charge in [0.1, 0.15) is 11.9 Å². The van der Waals surface area contributed by atoms with Gasteiger partial charge in [0.05, 0.1) is 6.42 Å². The van der Waals surface area contributed by atoms with Crippen LogP contribution in [0.4, 0.5) is 4.39 Å². The van der Waals surface area contributed by atoms with Crippen LogP contribution in [0.5, 0.6) is 0 Å². The van der Waals surface area contributed by atoms with Gasteiger partial charge in [-0.05, 0) is 42.2 Å². The molecule has 0 saturated carbocycles. The van der Waals surface area contributed by atoms with Gasteiger partial charge in [-0.2, -0.15) is 0 Å². The molecule has 0 radical (unpaired) electrons. The highest BCUT2D eigenvalue weighted by atomic mass is 19.1. The molecule has 1 N–H and O–H groups in total. The number of benzene rings is 2. The highest BCUT2D eigenvalue weighted by molar-refractivity contribution is 5.88. The van der Waals surface area contributed by atoms with Gasteiger partial charge in [0.2, 0.25) is 11.8 Å². The second-order valence-electron chi connectivity index (χ2n) is 6.29. The van der Waals surface area contributed by atoms with Gasteiger partial charge < -0.3 is 10.2 Å². The Morgan fingerprint density at radius 1 is 1.12 bits per heavy atom. The lowest BCUT2D eigenvalue weighted by Gasteiger charge is -2.30. The molecule has 0 spiro atoms. The number of nitrogens with one attached hydrogen (secondary N) is 1. The largest absolute Gasteiger partial charge is 0.357 e. The van der Waals surface area contributed by atoms with Gasteiger partial charge in [0.25, 0.3) is 0 Å². The lowest BCUT2D eigenvalue weighted by molar-refractivity contribution is -0.140. The summed E-state index contributed by atoms with van der Waals surface area (Å²) < 4.78 is 13.2. The SMILES string of the molecule is CCC(C(=O)NC)N(Cc1ccc(F)cc1)C(=O)Cc1ccccc1C. The average Bonchev–Trinajstić information content (AvgIpc) is 2.64. The fourth-order valence-corrected chi connectivity index (χ4v) is 2.95. The molecule has 0 aromatic heterocycles. The summed E-state index contributed by atoms with van der Waals surface area (Å²) in [6.45, 7) is 4.10. The molecule has 0 aliphatic heterocycles. The number of aryl methyl sites for hydroxylation is 1. The average molecular weight is 356 g/mol. The first-order valence-corrected chi connectivity index (χ1v) is 8.76. The van der Waals surface area contributed by atoms with Crippen molar-refractivity contribution in [2.75, 3.05) is 7.05 Å². The van der Waals surface area contributed by atoms with Crippen molar-refractivity contribution >= 4 is 11.8 Å². The quantitative estimate of drug-likeness (QED) is 0.828. The predicted molar refractivity (Wildman–Crippen MR) is 100.0 cm³/mol. The van der Waals surface area contributed by atoms with Crippen molar-refractivity contribution in [3.05, 3.63) is 71.0 Å². The Bertz CT molecular complexity index is 759. The number of rotatable bonds is 7. The maximum atomic E-state index is 13.2. The predicted octanol–water partition coefficient (Wildman–Crippen LogP) is 3.23. The standard InChI is InChI=1S/C21H25FN2O2/c1-4-19(21(26)23-3)24(14-16-9-11-18(22)12-10-16)20(25)13-17-8-6-5-7-15(17)2/h5-12,19H,4,13-14H2,1-3H3,(H,23,26). The topological polar surface area (TPSA) is 49.4 Å². The molecule has 0 fully saturated rings. The minimum atomic E-state index is -0.568. The second-order valence-corrected chi connectivity index (χ2v) is 6.29. The number of hydrogen-bond acceptors (Lipinski definition) is 2. The third-order valence-corrected chi connectivity index (χ3v) is 4.50. The van der Waals surface area contributed by atoms with Crippen molar-refractivity contribution in [2.24, 2.45) is 0 Å². The van der Waals surface area contributed by atoms with Gasteiger partial charge >= 0.3 is 0 Å². The van der Waals surface area contributed by atoms with Crippen LogP contribution in [0.15, 0.2) is 48.5 Å². The van der Waals surface area contributed by atoms with Crippen LogP contribution < -0.4 is 5.32 Å². The van der Waals surface area contributed by atoms with Crippen LogP contribution in [-0.2, 0) is 22.6 Å². The number of amides is 2. The van der Waals surface area contributed by atoms with Crippen LogP contribution in [0.3, 0.4) is 0 Å². The molecule has 1 atom stereocenters. The summed E-state index contributed by atoms with van der Waals surface area (Å²) in [6.07, 6.45) is 0.724. The molecule has 5 heteroatoms. The maximum Gasteiger partial charge on any atom is 0.242 e. The number of likely N-dealkylation sites (N-methyl/N-ethyl adjacent to an activating group) is 1. The van der Waals surface area contributed by atoms with Crippen molar-refractivity contribution in [3.8, 4) is 0 Å². The van der Waals surface area contributed by atoms with Crippen LogP contribution in [0.2, 0.25) is 0 Å². The van der Waals surface area contributed by atoms with E-state index in [0.717, 1.165) is 16.7 Å². The van der Waals surface area contributed by atoms with E-state index >= 15 is 0 Å². The zero-order valence-corrected chi connectivity index (χ0v) is 15.5. The number of halogens is 1.